The summed E-state index contributed by atoms with van der Waals surface area (Å²) in [5.74, 6) is 0.0345. The van der Waals surface area contributed by atoms with Gasteiger partial charge in [-0.05, 0) is 31.0 Å². The average molecular weight is 260 g/mol. The third kappa shape index (κ3) is 2.10. The molecule has 1 saturated heterocycles. The summed E-state index contributed by atoms with van der Waals surface area (Å²) >= 11 is 0. The summed E-state index contributed by atoms with van der Waals surface area (Å²) in [4.78, 5) is 14.6. The molecule has 1 fully saturated rings. The Morgan fingerprint density at radius 2 is 2.26 bits per heavy atom. The van der Waals surface area contributed by atoms with E-state index >= 15 is 0 Å². The fourth-order valence-corrected chi connectivity index (χ4v) is 3.03. The number of amides is 1. The van der Waals surface area contributed by atoms with Gasteiger partial charge in [0.25, 0.3) is 0 Å². The molecule has 2 unspecified atom stereocenters. The van der Waals surface area contributed by atoms with E-state index in [1.807, 2.05) is 6.92 Å². The number of hydrogen-bond donors (Lipinski definition) is 1. The maximum atomic E-state index is 12.3. The van der Waals surface area contributed by atoms with Gasteiger partial charge < -0.3 is 15.0 Å². The quantitative estimate of drug-likeness (QED) is 0.886. The Labute approximate surface area is 113 Å². The number of carbonyl (C=O) groups is 1. The fraction of sp³-hybridized carbons (Fsp3) is 0.533. The van der Waals surface area contributed by atoms with Gasteiger partial charge in [0.15, 0.2) is 0 Å². The molecule has 19 heavy (non-hydrogen) atoms. The molecule has 4 heteroatoms. The zero-order chi connectivity index (χ0) is 13.4. The lowest BCUT2D eigenvalue weighted by Gasteiger charge is -2.31. The second kappa shape index (κ2) is 4.85. The highest BCUT2D eigenvalue weighted by molar-refractivity contribution is 5.98. The lowest BCUT2D eigenvalue weighted by molar-refractivity contribution is -0.120. The van der Waals surface area contributed by atoms with E-state index in [4.69, 9.17) is 4.74 Å². The number of carbonyl (C=O) groups excluding carboxylic acids is 1. The summed E-state index contributed by atoms with van der Waals surface area (Å²) in [7, 11) is 0. The van der Waals surface area contributed by atoms with E-state index in [0.717, 1.165) is 24.3 Å². The monoisotopic (exact) mass is 260 g/mol. The van der Waals surface area contributed by atoms with Crippen LogP contribution >= 0.6 is 0 Å². The van der Waals surface area contributed by atoms with Crippen LogP contribution in [0.3, 0.4) is 0 Å². The molecule has 3 rings (SSSR count). The van der Waals surface area contributed by atoms with E-state index in [1.165, 1.54) is 5.56 Å². The smallest absolute Gasteiger partial charge is 0.232 e. The van der Waals surface area contributed by atoms with Gasteiger partial charge in [-0.2, -0.15) is 0 Å². The van der Waals surface area contributed by atoms with Crippen molar-refractivity contribution in [2.24, 2.45) is 5.92 Å². The van der Waals surface area contributed by atoms with Crippen molar-refractivity contribution in [1.82, 2.24) is 0 Å². The second-order valence-electron chi connectivity index (χ2n) is 5.41. The molecule has 1 N–H and O–H groups in total. The zero-order valence-corrected chi connectivity index (χ0v) is 11.5. The van der Waals surface area contributed by atoms with Gasteiger partial charge >= 0.3 is 0 Å². The Bertz CT molecular complexity index is 501. The largest absolute Gasteiger partial charge is 0.378 e. The lowest BCUT2D eigenvalue weighted by Crippen LogP contribution is -2.42. The highest BCUT2D eigenvalue weighted by atomic mass is 16.5. The fourth-order valence-electron chi connectivity index (χ4n) is 3.03. The molecule has 2 aliphatic heterocycles. The Balaban J connectivity index is 2.07. The number of nitrogens with one attached hydrogen (secondary N) is 1. The van der Waals surface area contributed by atoms with Crippen LogP contribution in [-0.4, -0.2) is 31.7 Å². The highest BCUT2D eigenvalue weighted by Crippen LogP contribution is 2.36. The van der Waals surface area contributed by atoms with Crippen LogP contribution in [0.25, 0.3) is 0 Å². The molecular weight excluding hydrogens is 240 g/mol. The molecule has 0 spiro atoms. The van der Waals surface area contributed by atoms with E-state index in [2.05, 4.69) is 35.3 Å². The minimum absolute atomic E-state index is 0.0562. The van der Waals surface area contributed by atoms with Gasteiger partial charge in [-0.1, -0.05) is 13.0 Å². The van der Waals surface area contributed by atoms with Crippen molar-refractivity contribution in [1.29, 1.82) is 0 Å². The SMILES string of the molecule is CCCN1c2ccc(C)cc2NC(=O)C2COCC21. The number of anilines is 2. The molecule has 0 radical (unpaired) electrons. The molecule has 2 atom stereocenters. The Kier molecular flexibility index (Phi) is 3.19. The van der Waals surface area contributed by atoms with Crippen molar-refractivity contribution in [2.45, 2.75) is 26.3 Å². The van der Waals surface area contributed by atoms with Gasteiger partial charge in [0, 0.05) is 6.54 Å². The summed E-state index contributed by atoms with van der Waals surface area (Å²) in [6, 6.07) is 6.44. The Morgan fingerprint density at radius 3 is 3.05 bits per heavy atom. The first-order valence-corrected chi connectivity index (χ1v) is 6.96. The van der Waals surface area contributed by atoms with Crippen LogP contribution in [0.4, 0.5) is 11.4 Å². The predicted molar refractivity (Wildman–Crippen MR) is 75.5 cm³/mol. The van der Waals surface area contributed by atoms with E-state index in [-0.39, 0.29) is 17.9 Å². The summed E-state index contributed by atoms with van der Waals surface area (Å²) in [6.45, 7) is 6.34. The number of hydrogen-bond acceptors (Lipinski definition) is 3. The number of rotatable bonds is 2. The van der Waals surface area contributed by atoms with Crippen LogP contribution in [0, 0.1) is 12.8 Å². The molecule has 0 bridgehead atoms. The molecule has 2 heterocycles. The van der Waals surface area contributed by atoms with Crippen molar-refractivity contribution in [3.63, 3.8) is 0 Å². The van der Waals surface area contributed by atoms with Gasteiger partial charge in [0.05, 0.1) is 36.5 Å². The van der Waals surface area contributed by atoms with Gasteiger partial charge in [-0.3, -0.25) is 4.79 Å². The van der Waals surface area contributed by atoms with Crippen LogP contribution in [0.1, 0.15) is 18.9 Å². The molecule has 0 aromatic heterocycles. The molecule has 2 aliphatic rings. The minimum Gasteiger partial charge on any atom is -0.378 e. The second-order valence-corrected chi connectivity index (χ2v) is 5.41. The van der Waals surface area contributed by atoms with Crippen molar-refractivity contribution in [2.75, 3.05) is 30.0 Å². The summed E-state index contributed by atoms with van der Waals surface area (Å²) < 4.78 is 5.53. The molecule has 1 aromatic carbocycles. The number of aryl methyl sites for hydroxylation is 1. The molecule has 1 amide bonds. The first kappa shape index (κ1) is 12.5. The standard InChI is InChI=1S/C15H20N2O2/c1-3-6-17-13-5-4-10(2)7-12(13)16-15(18)11-8-19-9-14(11)17/h4-5,7,11,14H,3,6,8-9H2,1-2H3,(H,16,18). The molecular formula is C15H20N2O2. The topological polar surface area (TPSA) is 41.6 Å². The summed E-state index contributed by atoms with van der Waals surface area (Å²) in [5, 5.41) is 3.06. The summed E-state index contributed by atoms with van der Waals surface area (Å²) in [6.07, 6.45) is 1.06. The van der Waals surface area contributed by atoms with Crippen molar-refractivity contribution in [3.8, 4) is 0 Å². The molecule has 102 valence electrons. The highest BCUT2D eigenvalue weighted by Gasteiger charge is 2.40. The van der Waals surface area contributed by atoms with Crippen LogP contribution in [0.5, 0.6) is 0 Å². The van der Waals surface area contributed by atoms with Crippen molar-refractivity contribution < 1.29 is 9.53 Å². The first-order valence-electron chi connectivity index (χ1n) is 6.96. The van der Waals surface area contributed by atoms with E-state index < -0.39 is 0 Å². The minimum atomic E-state index is -0.0562. The van der Waals surface area contributed by atoms with E-state index in [9.17, 15) is 4.79 Å². The van der Waals surface area contributed by atoms with Crippen LogP contribution < -0.4 is 10.2 Å². The van der Waals surface area contributed by atoms with Crippen LogP contribution in [-0.2, 0) is 9.53 Å². The number of fused-ring (bicyclic) bond motifs is 2. The lowest BCUT2D eigenvalue weighted by atomic mass is 10.0. The zero-order valence-electron chi connectivity index (χ0n) is 11.5. The van der Waals surface area contributed by atoms with Crippen LogP contribution in [0.2, 0.25) is 0 Å². The number of nitrogens with zero attached hydrogens (tertiary/aromatic N) is 1. The normalized spacial score (nSPS) is 25.6. The summed E-state index contributed by atoms with van der Waals surface area (Å²) in [5.41, 5.74) is 3.23. The number of ether oxygens (including phenoxy) is 1. The van der Waals surface area contributed by atoms with Gasteiger partial charge in [0.2, 0.25) is 5.91 Å². The average Bonchev–Trinajstić information content (AvgIpc) is 2.82. The number of benzene rings is 1. The molecule has 0 saturated carbocycles. The first-order chi connectivity index (χ1) is 9.20. The van der Waals surface area contributed by atoms with Crippen molar-refractivity contribution >= 4 is 17.3 Å². The molecule has 0 aliphatic carbocycles. The van der Waals surface area contributed by atoms with Crippen LogP contribution in [0.15, 0.2) is 18.2 Å². The molecule has 4 nitrogen and oxygen atoms in total. The van der Waals surface area contributed by atoms with E-state index in [1.54, 1.807) is 0 Å². The third-order valence-corrected chi connectivity index (χ3v) is 3.97. The maximum absolute atomic E-state index is 12.3. The Morgan fingerprint density at radius 1 is 1.42 bits per heavy atom. The van der Waals surface area contributed by atoms with Gasteiger partial charge in [-0.25, -0.2) is 0 Å². The third-order valence-electron chi connectivity index (χ3n) is 3.97. The predicted octanol–water partition coefficient (Wildman–Crippen LogP) is 2.18. The molecule has 1 aromatic rings. The van der Waals surface area contributed by atoms with Crippen molar-refractivity contribution in [3.05, 3.63) is 23.8 Å². The van der Waals surface area contributed by atoms with Gasteiger partial charge in [-0.15, -0.1) is 0 Å². The maximum Gasteiger partial charge on any atom is 0.232 e. The van der Waals surface area contributed by atoms with E-state index in [0.29, 0.717) is 13.2 Å². The van der Waals surface area contributed by atoms with Gasteiger partial charge in [0.1, 0.15) is 0 Å². The Hall–Kier alpha value is -1.55.